The van der Waals surface area contributed by atoms with Crippen molar-refractivity contribution in [1.29, 1.82) is 0 Å². The lowest BCUT2D eigenvalue weighted by Gasteiger charge is -2.36. The predicted molar refractivity (Wildman–Crippen MR) is 84.2 cm³/mol. The second kappa shape index (κ2) is 6.48. The molecule has 0 spiro atoms. The van der Waals surface area contributed by atoms with Gasteiger partial charge in [-0.2, -0.15) is 0 Å². The molecule has 0 bridgehead atoms. The first-order valence-electron chi connectivity index (χ1n) is 7.60. The maximum atomic E-state index is 11.6. The lowest BCUT2D eigenvalue weighted by molar-refractivity contribution is 0.0465. The summed E-state index contributed by atoms with van der Waals surface area (Å²) in [5.74, 6) is 0. The van der Waals surface area contributed by atoms with Crippen molar-refractivity contribution in [3.05, 3.63) is 35.4 Å². The minimum atomic E-state index is -0.434. The van der Waals surface area contributed by atoms with Gasteiger partial charge in [0.15, 0.2) is 0 Å². The molecule has 0 radical (unpaired) electrons. The minimum Gasteiger partial charge on any atom is -0.444 e. The standard InChI is InChI=1S/C17H26N2O2/c1-12-6-5-7-13(8-12)11-18-14-9-15(10-14)19-16(20)21-17(2,3)4/h5-8,14-15,18H,9-11H2,1-4H3,(H,19,20). The van der Waals surface area contributed by atoms with Crippen LogP contribution in [0.5, 0.6) is 0 Å². The van der Waals surface area contributed by atoms with E-state index in [1.54, 1.807) is 0 Å². The monoisotopic (exact) mass is 290 g/mol. The molecule has 0 saturated heterocycles. The lowest BCUT2D eigenvalue weighted by atomic mass is 9.86. The quantitative estimate of drug-likeness (QED) is 0.895. The van der Waals surface area contributed by atoms with Crippen LogP contribution in [0, 0.1) is 6.92 Å². The fourth-order valence-electron chi connectivity index (χ4n) is 2.46. The molecule has 2 rings (SSSR count). The van der Waals surface area contributed by atoms with Gasteiger partial charge in [0.25, 0.3) is 0 Å². The Morgan fingerprint density at radius 2 is 2.00 bits per heavy atom. The van der Waals surface area contributed by atoms with Crippen LogP contribution in [0.2, 0.25) is 0 Å². The number of benzene rings is 1. The summed E-state index contributed by atoms with van der Waals surface area (Å²) < 4.78 is 5.25. The van der Waals surface area contributed by atoms with Crippen molar-refractivity contribution < 1.29 is 9.53 Å². The van der Waals surface area contributed by atoms with Gasteiger partial charge in [0.1, 0.15) is 5.60 Å². The molecule has 21 heavy (non-hydrogen) atoms. The topological polar surface area (TPSA) is 50.4 Å². The Labute approximate surface area is 127 Å². The Hall–Kier alpha value is -1.55. The molecule has 2 N–H and O–H groups in total. The van der Waals surface area contributed by atoms with E-state index in [1.807, 2.05) is 20.8 Å². The zero-order valence-corrected chi connectivity index (χ0v) is 13.4. The van der Waals surface area contributed by atoms with Crippen LogP contribution >= 0.6 is 0 Å². The van der Waals surface area contributed by atoms with Gasteiger partial charge in [-0.15, -0.1) is 0 Å². The number of aryl methyl sites for hydroxylation is 1. The van der Waals surface area contributed by atoms with Gasteiger partial charge < -0.3 is 15.4 Å². The second-order valence-corrected chi connectivity index (χ2v) is 6.88. The zero-order chi connectivity index (χ0) is 15.5. The van der Waals surface area contributed by atoms with E-state index in [-0.39, 0.29) is 12.1 Å². The molecule has 0 aliphatic heterocycles. The molecule has 1 aliphatic carbocycles. The molecule has 1 saturated carbocycles. The van der Waals surface area contributed by atoms with E-state index in [0.29, 0.717) is 6.04 Å². The third-order valence-corrected chi connectivity index (χ3v) is 3.54. The van der Waals surface area contributed by atoms with Gasteiger partial charge in [0, 0.05) is 18.6 Å². The van der Waals surface area contributed by atoms with Crippen molar-refractivity contribution in [3.63, 3.8) is 0 Å². The molecule has 0 unspecified atom stereocenters. The summed E-state index contributed by atoms with van der Waals surface area (Å²) in [7, 11) is 0. The lowest BCUT2D eigenvalue weighted by Crippen LogP contribution is -2.52. The molecular weight excluding hydrogens is 264 g/mol. The molecule has 0 heterocycles. The molecule has 1 fully saturated rings. The number of hydrogen-bond donors (Lipinski definition) is 2. The third kappa shape index (κ3) is 5.38. The van der Waals surface area contributed by atoms with Crippen LogP contribution in [-0.4, -0.2) is 23.8 Å². The zero-order valence-electron chi connectivity index (χ0n) is 13.4. The Morgan fingerprint density at radius 3 is 2.62 bits per heavy atom. The number of carbonyl (C=O) groups is 1. The van der Waals surface area contributed by atoms with Gasteiger partial charge in [-0.1, -0.05) is 29.8 Å². The molecule has 1 aromatic rings. The highest BCUT2D eigenvalue weighted by atomic mass is 16.6. The highest BCUT2D eigenvalue weighted by molar-refractivity contribution is 5.68. The SMILES string of the molecule is Cc1cccc(CNC2CC(NC(=O)OC(C)(C)C)C2)c1. The maximum Gasteiger partial charge on any atom is 0.407 e. The van der Waals surface area contributed by atoms with Crippen molar-refractivity contribution in [2.45, 2.75) is 64.8 Å². The number of hydrogen-bond acceptors (Lipinski definition) is 3. The normalized spacial score (nSPS) is 21.5. The summed E-state index contributed by atoms with van der Waals surface area (Å²) in [6.45, 7) is 8.61. The van der Waals surface area contributed by atoms with Crippen LogP contribution in [0.3, 0.4) is 0 Å². The van der Waals surface area contributed by atoms with Crippen molar-refractivity contribution in [2.75, 3.05) is 0 Å². The first-order valence-corrected chi connectivity index (χ1v) is 7.60. The van der Waals surface area contributed by atoms with Crippen molar-refractivity contribution >= 4 is 6.09 Å². The molecule has 0 atom stereocenters. The molecule has 1 aliphatic rings. The van der Waals surface area contributed by atoms with Crippen LogP contribution in [0.4, 0.5) is 4.79 Å². The largest absolute Gasteiger partial charge is 0.444 e. The Balaban J connectivity index is 1.64. The number of rotatable bonds is 4. The summed E-state index contributed by atoms with van der Waals surface area (Å²) >= 11 is 0. The fraction of sp³-hybridized carbons (Fsp3) is 0.588. The average Bonchev–Trinajstić information content (AvgIpc) is 2.29. The van der Waals surface area contributed by atoms with E-state index in [4.69, 9.17) is 4.74 Å². The van der Waals surface area contributed by atoms with E-state index in [2.05, 4.69) is 41.8 Å². The van der Waals surface area contributed by atoms with Gasteiger partial charge in [-0.25, -0.2) is 4.79 Å². The van der Waals surface area contributed by atoms with E-state index < -0.39 is 5.60 Å². The number of amides is 1. The average molecular weight is 290 g/mol. The van der Waals surface area contributed by atoms with E-state index >= 15 is 0 Å². The summed E-state index contributed by atoms with van der Waals surface area (Å²) in [5.41, 5.74) is 2.15. The van der Waals surface area contributed by atoms with Crippen LogP contribution in [-0.2, 0) is 11.3 Å². The summed E-state index contributed by atoms with van der Waals surface area (Å²) in [6, 6.07) is 9.23. The third-order valence-electron chi connectivity index (χ3n) is 3.54. The van der Waals surface area contributed by atoms with Crippen LogP contribution < -0.4 is 10.6 Å². The van der Waals surface area contributed by atoms with Crippen LogP contribution in [0.1, 0.15) is 44.7 Å². The first kappa shape index (κ1) is 15.8. The second-order valence-electron chi connectivity index (χ2n) is 6.88. The van der Waals surface area contributed by atoms with Gasteiger partial charge in [-0.05, 0) is 46.1 Å². The van der Waals surface area contributed by atoms with Crippen molar-refractivity contribution in [1.82, 2.24) is 10.6 Å². The Morgan fingerprint density at radius 1 is 1.29 bits per heavy atom. The van der Waals surface area contributed by atoms with Gasteiger partial charge in [0.2, 0.25) is 0 Å². The number of alkyl carbamates (subject to hydrolysis) is 1. The smallest absolute Gasteiger partial charge is 0.407 e. The molecule has 4 nitrogen and oxygen atoms in total. The summed E-state index contributed by atoms with van der Waals surface area (Å²) in [4.78, 5) is 11.6. The first-order chi connectivity index (χ1) is 9.82. The van der Waals surface area contributed by atoms with Gasteiger partial charge >= 0.3 is 6.09 Å². The number of carbonyl (C=O) groups excluding carboxylic acids is 1. The minimum absolute atomic E-state index is 0.231. The molecule has 0 aromatic heterocycles. The van der Waals surface area contributed by atoms with E-state index in [0.717, 1.165) is 19.4 Å². The Bertz CT molecular complexity index is 488. The number of nitrogens with one attached hydrogen (secondary N) is 2. The van der Waals surface area contributed by atoms with Crippen LogP contribution in [0.25, 0.3) is 0 Å². The van der Waals surface area contributed by atoms with Crippen LogP contribution in [0.15, 0.2) is 24.3 Å². The highest BCUT2D eigenvalue weighted by Crippen LogP contribution is 2.21. The van der Waals surface area contributed by atoms with Gasteiger partial charge in [-0.3, -0.25) is 0 Å². The van der Waals surface area contributed by atoms with E-state index in [1.165, 1.54) is 11.1 Å². The molecule has 1 aromatic carbocycles. The summed E-state index contributed by atoms with van der Waals surface area (Å²) in [5, 5.41) is 6.43. The molecule has 1 amide bonds. The summed E-state index contributed by atoms with van der Waals surface area (Å²) in [6.07, 6.45) is 1.61. The van der Waals surface area contributed by atoms with Crippen molar-refractivity contribution in [2.24, 2.45) is 0 Å². The number of ether oxygens (including phenoxy) is 1. The predicted octanol–water partition coefficient (Wildman–Crippen LogP) is 3.14. The molecule has 116 valence electrons. The fourth-order valence-corrected chi connectivity index (χ4v) is 2.46. The molecular formula is C17H26N2O2. The van der Waals surface area contributed by atoms with E-state index in [9.17, 15) is 4.79 Å². The highest BCUT2D eigenvalue weighted by Gasteiger charge is 2.31. The maximum absolute atomic E-state index is 11.6. The van der Waals surface area contributed by atoms with Crippen molar-refractivity contribution in [3.8, 4) is 0 Å². The molecule has 4 heteroatoms. The van der Waals surface area contributed by atoms with Gasteiger partial charge in [0.05, 0.1) is 0 Å². The Kier molecular flexibility index (Phi) is 4.88.